The Bertz CT molecular complexity index is 526. The molecular formula is C11H20N6O2S. The average molecular weight is 300 g/mol. The Labute approximate surface area is 119 Å². The molecular weight excluding hydrogens is 280 g/mol. The summed E-state index contributed by atoms with van der Waals surface area (Å²) in [5.74, 6) is 5.33. The summed E-state index contributed by atoms with van der Waals surface area (Å²) in [6.45, 7) is 3.31. The van der Waals surface area contributed by atoms with Crippen molar-refractivity contribution in [1.82, 2.24) is 19.2 Å². The van der Waals surface area contributed by atoms with Gasteiger partial charge in [0, 0.05) is 20.1 Å². The third kappa shape index (κ3) is 3.42. The Hall–Kier alpha value is -1.29. The van der Waals surface area contributed by atoms with E-state index >= 15 is 0 Å². The SMILES string of the molecule is CN(CCN1CCCC1)S(=O)(=O)c1cnc(NN)nc1. The number of hydrogen-bond donors (Lipinski definition) is 2. The van der Waals surface area contributed by atoms with Gasteiger partial charge in [0.25, 0.3) is 0 Å². The third-order valence-corrected chi connectivity index (χ3v) is 5.20. The zero-order valence-corrected chi connectivity index (χ0v) is 12.3. The van der Waals surface area contributed by atoms with Crippen molar-refractivity contribution in [1.29, 1.82) is 0 Å². The van der Waals surface area contributed by atoms with Crippen LogP contribution in [0.5, 0.6) is 0 Å². The lowest BCUT2D eigenvalue weighted by Crippen LogP contribution is -2.35. The van der Waals surface area contributed by atoms with Crippen LogP contribution in [0.1, 0.15) is 12.8 Å². The van der Waals surface area contributed by atoms with E-state index in [4.69, 9.17) is 5.84 Å². The topological polar surface area (TPSA) is 104 Å². The van der Waals surface area contributed by atoms with Crippen LogP contribution in [0.2, 0.25) is 0 Å². The van der Waals surface area contributed by atoms with Crippen molar-refractivity contribution in [3.8, 4) is 0 Å². The molecule has 1 fully saturated rings. The zero-order chi connectivity index (χ0) is 14.6. The molecule has 2 heterocycles. The van der Waals surface area contributed by atoms with Gasteiger partial charge in [0.05, 0.1) is 12.4 Å². The summed E-state index contributed by atoms with van der Waals surface area (Å²) in [6.07, 6.45) is 4.89. The molecule has 0 amide bonds. The number of nitrogens with two attached hydrogens (primary N) is 1. The van der Waals surface area contributed by atoms with E-state index in [0.717, 1.165) is 19.6 Å². The van der Waals surface area contributed by atoms with E-state index in [-0.39, 0.29) is 10.8 Å². The number of nitrogen functional groups attached to an aromatic ring is 1. The van der Waals surface area contributed by atoms with Crippen LogP contribution in [0, 0.1) is 0 Å². The summed E-state index contributed by atoms with van der Waals surface area (Å²) in [5, 5.41) is 0. The van der Waals surface area contributed by atoms with Gasteiger partial charge in [-0.3, -0.25) is 5.43 Å². The largest absolute Gasteiger partial charge is 0.302 e. The van der Waals surface area contributed by atoms with E-state index in [1.165, 1.54) is 29.5 Å². The van der Waals surface area contributed by atoms with Gasteiger partial charge in [0.2, 0.25) is 16.0 Å². The molecule has 0 aromatic carbocycles. The minimum absolute atomic E-state index is 0.0698. The number of rotatable bonds is 6. The Morgan fingerprint density at radius 3 is 2.50 bits per heavy atom. The minimum atomic E-state index is -3.54. The van der Waals surface area contributed by atoms with Crippen LogP contribution in [-0.4, -0.2) is 60.8 Å². The number of sulfonamides is 1. The average Bonchev–Trinajstić information content (AvgIpc) is 2.98. The van der Waals surface area contributed by atoms with Gasteiger partial charge >= 0.3 is 0 Å². The molecule has 0 aliphatic carbocycles. The number of hydrazine groups is 1. The lowest BCUT2D eigenvalue weighted by molar-refractivity contribution is 0.310. The maximum Gasteiger partial charge on any atom is 0.245 e. The molecule has 20 heavy (non-hydrogen) atoms. The molecule has 1 saturated heterocycles. The molecule has 0 atom stereocenters. The Morgan fingerprint density at radius 1 is 1.35 bits per heavy atom. The van der Waals surface area contributed by atoms with Crippen LogP contribution in [0.25, 0.3) is 0 Å². The number of anilines is 1. The second kappa shape index (κ2) is 6.44. The molecule has 112 valence electrons. The van der Waals surface area contributed by atoms with Gasteiger partial charge < -0.3 is 4.90 Å². The third-order valence-electron chi connectivity index (χ3n) is 3.40. The summed E-state index contributed by atoms with van der Waals surface area (Å²) in [6, 6.07) is 0. The van der Waals surface area contributed by atoms with Crippen molar-refractivity contribution in [3.05, 3.63) is 12.4 Å². The molecule has 3 N–H and O–H groups in total. The number of nitrogens with zero attached hydrogens (tertiary/aromatic N) is 4. The fourth-order valence-electron chi connectivity index (χ4n) is 2.11. The normalized spacial score (nSPS) is 16.8. The Kier molecular flexibility index (Phi) is 4.86. The fourth-order valence-corrected chi connectivity index (χ4v) is 3.17. The first-order valence-corrected chi connectivity index (χ1v) is 7.95. The van der Waals surface area contributed by atoms with E-state index < -0.39 is 10.0 Å². The maximum atomic E-state index is 12.3. The highest BCUT2D eigenvalue weighted by molar-refractivity contribution is 7.89. The second-order valence-electron chi connectivity index (χ2n) is 4.76. The van der Waals surface area contributed by atoms with Crippen molar-refractivity contribution in [2.45, 2.75) is 17.7 Å². The second-order valence-corrected chi connectivity index (χ2v) is 6.81. The highest BCUT2D eigenvalue weighted by atomic mass is 32.2. The van der Waals surface area contributed by atoms with Crippen LogP contribution in [0.3, 0.4) is 0 Å². The van der Waals surface area contributed by atoms with E-state index in [9.17, 15) is 8.42 Å². The highest BCUT2D eigenvalue weighted by Gasteiger charge is 2.22. The van der Waals surface area contributed by atoms with E-state index in [1.807, 2.05) is 0 Å². The van der Waals surface area contributed by atoms with Crippen LogP contribution >= 0.6 is 0 Å². The first-order chi connectivity index (χ1) is 9.54. The summed E-state index contributed by atoms with van der Waals surface area (Å²) in [7, 11) is -1.97. The van der Waals surface area contributed by atoms with Gasteiger partial charge in [0.1, 0.15) is 4.90 Å². The van der Waals surface area contributed by atoms with Crippen molar-refractivity contribution in [2.75, 3.05) is 38.7 Å². The molecule has 0 spiro atoms. The molecule has 1 aliphatic heterocycles. The molecule has 2 rings (SSSR count). The zero-order valence-electron chi connectivity index (χ0n) is 11.5. The van der Waals surface area contributed by atoms with Gasteiger partial charge in [0.15, 0.2) is 0 Å². The highest BCUT2D eigenvalue weighted by Crippen LogP contribution is 2.13. The quantitative estimate of drug-likeness (QED) is 0.538. The van der Waals surface area contributed by atoms with E-state index in [0.29, 0.717) is 6.54 Å². The maximum absolute atomic E-state index is 12.3. The number of aromatic nitrogens is 2. The lowest BCUT2D eigenvalue weighted by atomic mass is 10.4. The first-order valence-electron chi connectivity index (χ1n) is 6.51. The molecule has 1 aliphatic rings. The summed E-state index contributed by atoms with van der Waals surface area (Å²) >= 11 is 0. The monoisotopic (exact) mass is 300 g/mol. The predicted molar refractivity (Wildman–Crippen MR) is 75.3 cm³/mol. The van der Waals surface area contributed by atoms with Crippen LogP contribution in [0.4, 0.5) is 5.95 Å². The Balaban J connectivity index is 2.00. The van der Waals surface area contributed by atoms with Gasteiger partial charge in [-0.2, -0.15) is 4.31 Å². The summed E-state index contributed by atoms with van der Waals surface area (Å²) < 4.78 is 26.0. The molecule has 0 unspecified atom stereocenters. The smallest absolute Gasteiger partial charge is 0.245 e. The molecule has 0 saturated carbocycles. The fraction of sp³-hybridized carbons (Fsp3) is 0.636. The van der Waals surface area contributed by atoms with Crippen molar-refractivity contribution in [2.24, 2.45) is 5.84 Å². The van der Waals surface area contributed by atoms with Gasteiger partial charge in [-0.25, -0.2) is 24.2 Å². The van der Waals surface area contributed by atoms with Crippen molar-refractivity contribution >= 4 is 16.0 Å². The molecule has 0 bridgehead atoms. The molecule has 1 aromatic heterocycles. The van der Waals surface area contributed by atoms with E-state index in [2.05, 4.69) is 20.3 Å². The summed E-state index contributed by atoms with van der Waals surface area (Å²) in [5.41, 5.74) is 2.26. The van der Waals surface area contributed by atoms with Crippen molar-refractivity contribution in [3.63, 3.8) is 0 Å². The minimum Gasteiger partial charge on any atom is -0.302 e. The standard InChI is InChI=1S/C11H20N6O2S/c1-16(6-7-17-4-2-3-5-17)20(18,19)10-8-13-11(15-12)14-9-10/h8-9H,2-7,12H2,1H3,(H,13,14,15). The van der Waals surface area contributed by atoms with Crippen LogP contribution in [0.15, 0.2) is 17.3 Å². The molecule has 8 nitrogen and oxygen atoms in total. The van der Waals surface area contributed by atoms with E-state index in [1.54, 1.807) is 7.05 Å². The van der Waals surface area contributed by atoms with Crippen LogP contribution < -0.4 is 11.3 Å². The van der Waals surface area contributed by atoms with Gasteiger partial charge in [-0.15, -0.1) is 0 Å². The van der Waals surface area contributed by atoms with Crippen LogP contribution in [-0.2, 0) is 10.0 Å². The molecule has 1 aromatic rings. The summed E-state index contributed by atoms with van der Waals surface area (Å²) in [4.78, 5) is 9.98. The number of likely N-dealkylation sites (N-methyl/N-ethyl adjacent to an activating group) is 1. The lowest BCUT2D eigenvalue weighted by Gasteiger charge is -2.21. The number of nitrogens with one attached hydrogen (secondary N) is 1. The van der Waals surface area contributed by atoms with Gasteiger partial charge in [-0.05, 0) is 25.9 Å². The van der Waals surface area contributed by atoms with Gasteiger partial charge in [-0.1, -0.05) is 0 Å². The predicted octanol–water partition coefficient (Wildman–Crippen LogP) is -0.521. The molecule has 0 radical (unpaired) electrons. The Morgan fingerprint density at radius 2 is 1.95 bits per heavy atom. The van der Waals surface area contributed by atoms with Crippen molar-refractivity contribution < 1.29 is 8.42 Å². The number of likely N-dealkylation sites (tertiary alicyclic amines) is 1. The number of hydrogen-bond acceptors (Lipinski definition) is 7. The molecule has 9 heteroatoms. The first kappa shape index (κ1) is 15.1.